The Labute approximate surface area is 138 Å². The Hall–Kier alpha value is -2.51. The van der Waals surface area contributed by atoms with Crippen LogP contribution in [0.1, 0.15) is 16.7 Å². The zero-order chi connectivity index (χ0) is 17.7. The molecule has 0 fully saturated rings. The number of carbonyl (C=O) groups excluding carboxylic acids is 1. The normalized spacial score (nSPS) is 11.4. The molecule has 0 unspecified atom stereocenters. The Kier molecular flexibility index (Phi) is 5.48. The molecule has 1 aromatic heterocycles. The maximum absolute atomic E-state index is 12.5. The molecular weight excluding hydrogens is 321 g/mol. The minimum atomic E-state index is -4.33. The number of urea groups is 1. The van der Waals surface area contributed by atoms with Crippen molar-refractivity contribution in [2.45, 2.75) is 19.1 Å². The molecule has 2 amide bonds. The van der Waals surface area contributed by atoms with Gasteiger partial charge in [0.1, 0.15) is 0 Å². The minimum absolute atomic E-state index is 0.245. The monoisotopic (exact) mass is 340 g/mol. The summed E-state index contributed by atoms with van der Waals surface area (Å²) in [6, 6.07) is 4.70. The molecule has 0 radical (unpaired) electrons. The molecule has 5 nitrogen and oxygen atoms in total. The highest BCUT2D eigenvalue weighted by Gasteiger charge is 2.29. The van der Waals surface area contributed by atoms with E-state index in [1.165, 1.54) is 17.0 Å². The number of hydrogen-bond donors (Lipinski definition) is 1. The van der Waals surface area contributed by atoms with Crippen LogP contribution in [0.4, 0.5) is 18.0 Å². The van der Waals surface area contributed by atoms with Crippen molar-refractivity contribution in [1.29, 1.82) is 0 Å². The highest BCUT2D eigenvalue weighted by Crippen LogP contribution is 2.29. The van der Waals surface area contributed by atoms with Crippen LogP contribution in [0, 0.1) is 0 Å². The fraction of sp³-hybridized carbons (Fsp3) is 0.375. The molecule has 2 aromatic rings. The van der Waals surface area contributed by atoms with E-state index in [9.17, 15) is 18.0 Å². The van der Waals surface area contributed by atoms with Crippen LogP contribution < -0.4 is 5.32 Å². The van der Waals surface area contributed by atoms with Gasteiger partial charge < -0.3 is 10.2 Å². The molecule has 2 rings (SSSR count). The van der Waals surface area contributed by atoms with Crippen LogP contribution in [0.25, 0.3) is 0 Å². The van der Waals surface area contributed by atoms with E-state index in [0.717, 1.165) is 23.3 Å². The van der Waals surface area contributed by atoms with Crippen molar-refractivity contribution in [2.75, 3.05) is 13.6 Å². The fourth-order valence-electron chi connectivity index (χ4n) is 2.21. The summed E-state index contributed by atoms with van der Waals surface area (Å²) < 4.78 is 39.1. The van der Waals surface area contributed by atoms with Crippen LogP contribution in [0.3, 0.4) is 0 Å². The summed E-state index contributed by atoms with van der Waals surface area (Å²) in [5.41, 5.74) is 0.975. The van der Waals surface area contributed by atoms with Crippen LogP contribution in [-0.4, -0.2) is 34.3 Å². The van der Waals surface area contributed by atoms with Gasteiger partial charge >= 0.3 is 12.2 Å². The Morgan fingerprint density at radius 2 is 1.92 bits per heavy atom. The van der Waals surface area contributed by atoms with Crippen molar-refractivity contribution in [3.05, 3.63) is 53.3 Å². The van der Waals surface area contributed by atoms with E-state index in [1.54, 1.807) is 25.0 Å². The van der Waals surface area contributed by atoms with Gasteiger partial charge in [0.25, 0.3) is 0 Å². The summed E-state index contributed by atoms with van der Waals surface area (Å²) in [6.07, 6.45) is -0.357. The predicted molar refractivity (Wildman–Crippen MR) is 83.2 cm³/mol. The smallest absolute Gasteiger partial charge is 0.338 e. The highest BCUT2D eigenvalue weighted by atomic mass is 19.4. The largest absolute Gasteiger partial charge is 0.416 e. The van der Waals surface area contributed by atoms with Gasteiger partial charge in [0.05, 0.1) is 18.3 Å². The van der Waals surface area contributed by atoms with E-state index < -0.39 is 11.7 Å². The zero-order valence-corrected chi connectivity index (χ0v) is 13.5. The molecule has 0 aliphatic carbocycles. The summed E-state index contributed by atoms with van der Waals surface area (Å²) >= 11 is 0. The molecule has 0 saturated heterocycles. The van der Waals surface area contributed by atoms with Crippen molar-refractivity contribution in [3.63, 3.8) is 0 Å². The van der Waals surface area contributed by atoms with Gasteiger partial charge in [-0.05, 0) is 24.1 Å². The second-order valence-corrected chi connectivity index (χ2v) is 5.55. The fourth-order valence-corrected chi connectivity index (χ4v) is 2.21. The average molecular weight is 340 g/mol. The van der Waals surface area contributed by atoms with Crippen LogP contribution in [0.5, 0.6) is 0 Å². The number of halogens is 3. The summed E-state index contributed by atoms with van der Waals surface area (Å²) in [4.78, 5) is 13.5. The molecule has 0 aliphatic rings. The molecular formula is C16H19F3N4O. The molecule has 0 spiro atoms. The van der Waals surface area contributed by atoms with Crippen LogP contribution in [-0.2, 0) is 26.2 Å². The van der Waals surface area contributed by atoms with Gasteiger partial charge in [0, 0.05) is 32.4 Å². The third-order valence-corrected chi connectivity index (χ3v) is 3.50. The maximum atomic E-state index is 12.5. The molecule has 1 aromatic carbocycles. The first kappa shape index (κ1) is 17.8. The Balaban J connectivity index is 1.77. The lowest BCUT2D eigenvalue weighted by Gasteiger charge is -2.17. The summed E-state index contributed by atoms with van der Waals surface area (Å²) in [6.45, 7) is 0.779. The van der Waals surface area contributed by atoms with Gasteiger partial charge in [-0.3, -0.25) is 4.68 Å². The Bertz CT molecular complexity index is 679. The standard InChI is InChI=1S/C16H19F3N4O/c1-22(10-13-9-21-23(2)11-13)15(24)20-8-7-12-3-5-14(6-4-12)16(17,18)19/h3-6,9,11H,7-8,10H2,1-2H3,(H,20,24). The topological polar surface area (TPSA) is 50.2 Å². The lowest BCUT2D eigenvalue weighted by molar-refractivity contribution is -0.137. The van der Waals surface area contributed by atoms with Gasteiger partial charge in [-0.2, -0.15) is 18.3 Å². The third-order valence-electron chi connectivity index (χ3n) is 3.50. The van der Waals surface area contributed by atoms with Crippen molar-refractivity contribution in [3.8, 4) is 0 Å². The van der Waals surface area contributed by atoms with Gasteiger partial charge in [0.2, 0.25) is 0 Å². The van der Waals surface area contributed by atoms with Crippen LogP contribution >= 0.6 is 0 Å². The van der Waals surface area contributed by atoms with Crippen molar-refractivity contribution < 1.29 is 18.0 Å². The maximum Gasteiger partial charge on any atom is 0.416 e. The van der Waals surface area contributed by atoms with Gasteiger partial charge in [0.15, 0.2) is 0 Å². The number of hydrogen-bond acceptors (Lipinski definition) is 2. The Morgan fingerprint density at radius 3 is 2.46 bits per heavy atom. The number of aromatic nitrogens is 2. The van der Waals surface area contributed by atoms with Gasteiger partial charge in [-0.15, -0.1) is 0 Å². The number of amides is 2. The summed E-state index contributed by atoms with van der Waals surface area (Å²) in [5.74, 6) is 0. The van der Waals surface area contributed by atoms with E-state index in [4.69, 9.17) is 0 Å². The SMILES string of the molecule is CN(Cc1cnn(C)c1)C(=O)NCCc1ccc(C(F)(F)F)cc1. The molecule has 0 saturated carbocycles. The predicted octanol–water partition coefficient (Wildman–Crippen LogP) is 2.82. The number of nitrogens with zero attached hydrogens (tertiary/aromatic N) is 3. The number of nitrogens with one attached hydrogen (secondary N) is 1. The van der Waals surface area contributed by atoms with E-state index in [0.29, 0.717) is 19.5 Å². The number of aryl methyl sites for hydroxylation is 1. The number of rotatable bonds is 5. The van der Waals surface area contributed by atoms with Crippen molar-refractivity contribution in [2.24, 2.45) is 7.05 Å². The molecule has 1 N–H and O–H groups in total. The highest BCUT2D eigenvalue weighted by molar-refractivity contribution is 5.73. The van der Waals surface area contributed by atoms with Crippen molar-refractivity contribution in [1.82, 2.24) is 20.0 Å². The van der Waals surface area contributed by atoms with Crippen molar-refractivity contribution >= 4 is 6.03 Å². The second kappa shape index (κ2) is 7.37. The number of carbonyl (C=O) groups is 1. The summed E-state index contributed by atoms with van der Waals surface area (Å²) in [5, 5.41) is 6.77. The first-order valence-electron chi connectivity index (χ1n) is 7.38. The van der Waals surface area contributed by atoms with Gasteiger partial charge in [-0.1, -0.05) is 12.1 Å². The number of benzene rings is 1. The lowest BCUT2D eigenvalue weighted by Crippen LogP contribution is -2.37. The van der Waals surface area contributed by atoms with E-state index >= 15 is 0 Å². The average Bonchev–Trinajstić information content (AvgIpc) is 2.91. The summed E-state index contributed by atoms with van der Waals surface area (Å²) in [7, 11) is 3.47. The van der Waals surface area contributed by atoms with E-state index in [2.05, 4.69) is 10.4 Å². The molecule has 0 bridgehead atoms. The molecule has 130 valence electrons. The first-order chi connectivity index (χ1) is 11.3. The lowest BCUT2D eigenvalue weighted by atomic mass is 10.1. The van der Waals surface area contributed by atoms with Crippen LogP contribution in [0.2, 0.25) is 0 Å². The van der Waals surface area contributed by atoms with E-state index in [1.807, 2.05) is 6.20 Å². The molecule has 1 heterocycles. The second-order valence-electron chi connectivity index (χ2n) is 5.55. The molecule has 0 aliphatic heterocycles. The van der Waals surface area contributed by atoms with Crippen LogP contribution in [0.15, 0.2) is 36.7 Å². The first-order valence-corrected chi connectivity index (χ1v) is 7.38. The quantitative estimate of drug-likeness (QED) is 0.910. The molecule has 0 atom stereocenters. The molecule has 8 heteroatoms. The van der Waals surface area contributed by atoms with E-state index in [-0.39, 0.29) is 6.03 Å². The zero-order valence-electron chi connectivity index (χ0n) is 13.5. The number of alkyl halides is 3. The minimum Gasteiger partial charge on any atom is -0.338 e. The third kappa shape index (κ3) is 5.00. The van der Waals surface area contributed by atoms with Gasteiger partial charge in [-0.25, -0.2) is 4.79 Å². The molecule has 24 heavy (non-hydrogen) atoms. The Morgan fingerprint density at radius 1 is 1.25 bits per heavy atom.